The lowest BCUT2D eigenvalue weighted by Gasteiger charge is -2.20. The average Bonchev–Trinajstić information content (AvgIpc) is 2.77. The summed E-state index contributed by atoms with van der Waals surface area (Å²) in [5.41, 5.74) is 0.589. The summed E-state index contributed by atoms with van der Waals surface area (Å²) in [6.07, 6.45) is -2.78. The second kappa shape index (κ2) is 14.1. The van der Waals surface area contributed by atoms with Gasteiger partial charge in [-0.25, -0.2) is 4.79 Å². The summed E-state index contributed by atoms with van der Waals surface area (Å²) < 4.78 is 48.0. The maximum absolute atomic E-state index is 12.5. The van der Waals surface area contributed by atoms with E-state index in [0.29, 0.717) is 0 Å². The van der Waals surface area contributed by atoms with E-state index in [1.54, 1.807) is 24.3 Å². The summed E-state index contributed by atoms with van der Waals surface area (Å²) in [5, 5.41) is 2.30. The zero-order valence-corrected chi connectivity index (χ0v) is 19.5. The number of ether oxygens (including phenoxy) is 3. The maximum Gasteiger partial charge on any atom is 0.336 e. The molecular weight excluding hydrogens is 485 g/mol. The third kappa shape index (κ3) is 9.43. The summed E-state index contributed by atoms with van der Waals surface area (Å²) in [4.78, 5) is 36.4. The van der Waals surface area contributed by atoms with Crippen molar-refractivity contribution in [3.8, 4) is 5.75 Å². The van der Waals surface area contributed by atoms with Crippen LogP contribution in [-0.4, -0.2) is 57.1 Å². The molecule has 0 aliphatic carbocycles. The molecule has 0 heterocycles. The zero-order chi connectivity index (χ0) is 24.6. The Morgan fingerprint density at radius 2 is 1.66 bits per heavy atom. The number of hydrogen-bond acceptors (Lipinski definition) is 8. The third-order valence-corrected chi connectivity index (χ3v) is 5.53. The van der Waals surface area contributed by atoms with Crippen LogP contribution in [0.15, 0.2) is 53.4 Å². The number of hydrogen-bond donors (Lipinski definition) is 2. The van der Waals surface area contributed by atoms with Crippen LogP contribution in [0, 0.1) is 0 Å². The zero-order valence-electron chi connectivity index (χ0n) is 18.7. The van der Waals surface area contributed by atoms with Crippen LogP contribution in [0.1, 0.15) is 26.3 Å². The minimum atomic E-state index is -4.68. The standard InChI is InChI=1S/C22H25NO9S.CH4.FH/c1-14(24)18(32-22(26)19(31-3)11-15-7-5-4-6-8-15)13-21(25)23-17-10-9-16(30-2)12-20(17)33(27,28)29;;/h4-10,12,18-19H,11,13H2,1-3H3,(H,23,25)(H,27,28,29);1H4;1H. The molecule has 2 rings (SSSR count). The van der Waals surface area contributed by atoms with Crippen LogP contribution in [0.4, 0.5) is 10.4 Å². The van der Waals surface area contributed by atoms with Gasteiger partial charge in [0.1, 0.15) is 10.6 Å². The van der Waals surface area contributed by atoms with Gasteiger partial charge in [-0.05, 0) is 24.6 Å². The number of halogens is 1. The van der Waals surface area contributed by atoms with E-state index in [4.69, 9.17) is 14.2 Å². The highest BCUT2D eigenvalue weighted by molar-refractivity contribution is 7.86. The molecule has 12 heteroatoms. The van der Waals surface area contributed by atoms with Crippen LogP contribution in [0.2, 0.25) is 0 Å². The van der Waals surface area contributed by atoms with Crippen LogP contribution < -0.4 is 10.1 Å². The van der Waals surface area contributed by atoms with Gasteiger partial charge in [0.25, 0.3) is 10.1 Å². The number of carbonyl (C=O) groups is 3. The van der Waals surface area contributed by atoms with Crippen molar-refractivity contribution in [1.29, 1.82) is 0 Å². The molecule has 10 nitrogen and oxygen atoms in total. The molecule has 2 atom stereocenters. The van der Waals surface area contributed by atoms with Crippen molar-refractivity contribution in [3.63, 3.8) is 0 Å². The molecule has 2 unspecified atom stereocenters. The quantitative estimate of drug-likeness (QED) is 0.341. The Morgan fingerprint density at radius 3 is 2.17 bits per heavy atom. The Kier molecular flexibility index (Phi) is 12.8. The minimum Gasteiger partial charge on any atom is -0.497 e. The van der Waals surface area contributed by atoms with Crippen molar-refractivity contribution in [3.05, 3.63) is 54.1 Å². The second-order valence-corrected chi connectivity index (χ2v) is 8.43. The number of nitrogens with one attached hydrogen (secondary N) is 1. The molecule has 2 aromatic carbocycles. The lowest BCUT2D eigenvalue weighted by molar-refractivity contribution is -0.165. The smallest absolute Gasteiger partial charge is 0.336 e. The highest BCUT2D eigenvalue weighted by atomic mass is 32.2. The number of ketones is 1. The number of carbonyl (C=O) groups excluding carboxylic acids is 3. The van der Waals surface area contributed by atoms with E-state index < -0.39 is 51.3 Å². The van der Waals surface area contributed by atoms with Crippen molar-refractivity contribution in [2.45, 2.75) is 44.3 Å². The van der Waals surface area contributed by atoms with Crippen molar-refractivity contribution in [2.75, 3.05) is 19.5 Å². The maximum atomic E-state index is 12.5. The molecule has 0 spiro atoms. The number of Topliss-reactive ketones (excluding diaryl/α,β-unsaturated/α-hetero) is 1. The fourth-order valence-electron chi connectivity index (χ4n) is 2.89. The summed E-state index contributed by atoms with van der Waals surface area (Å²) in [6, 6.07) is 12.7. The molecule has 0 bridgehead atoms. The summed E-state index contributed by atoms with van der Waals surface area (Å²) in [6.45, 7) is 1.15. The second-order valence-electron chi connectivity index (χ2n) is 7.04. The van der Waals surface area contributed by atoms with E-state index in [9.17, 15) is 27.4 Å². The Bertz CT molecular complexity index is 1110. The van der Waals surface area contributed by atoms with Gasteiger partial charge in [0, 0.05) is 19.6 Å². The molecular formula is C23H30FNO9S. The lowest BCUT2D eigenvalue weighted by atomic mass is 10.1. The molecule has 2 aromatic rings. The van der Waals surface area contributed by atoms with Gasteiger partial charge in [-0.3, -0.25) is 18.8 Å². The highest BCUT2D eigenvalue weighted by Crippen LogP contribution is 2.26. The molecule has 35 heavy (non-hydrogen) atoms. The van der Waals surface area contributed by atoms with E-state index in [1.807, 2.05) is 6.07 Å². The molecule has 0 saturated carbocycles. The Balaban J connectivity index is 0.00000578. The number of benzene rings is 2. The molecule has 0 fully saturated rings. The Labute approximate surface area is 203 Å². The number of rotatable bonds is 11. The molecule has 0 aliphatic rings. The fraction of sp³-hybridized carbons (Fsp3) is 0.348. The normalized spacial score (nSPS) is 12.2. The van der Waals surface area contributed by atoms with Crippen LogP contribution in [0.3, 0.4) is 0 Å². The molecule has 2 N–H and O–H groups in total. The first-order valence-corrected chi connectivity index (χ1v) is 11.2. The van der Waals surface area contributed by atoms with Gasteiger partial charge >= 0.3 is 5.97 Å². The minimum absolute atomic E-state index is 0. The van der Waals surface area contributed by atoms with Crippen LogP contribution in [0.5, 0.6) is 5.75 Å². The predicted molar refractivity (Wildman–Crippen MR) is 127 cm³/mol. The first kappa shape index (κ1) is 31.6. The Morgan fingerprint density at radius 1 is 1.03 bits per heavy atom. The van der Waals surface area contributed by atoms with Gasteiger partial charge in [-0.15, -0.1) is 0 Å². The summed E-state index contributed by atoms with van der Waals surface area (Å²) >= 11 is 0. The summed E-state index contributed by atoms with van der Waals surface area (Å²) in [5.74, 6) is -2.08. The number of amides is 1. The summed E-state index contributed by atoms with van der Waals surface area (Å²) in [7, 11) is -2.06. The molecule has 0 radical (unpaired) electrons. The average molecular weight is 516 g/mol. The van der Waals surface area contributed by atoms with Gasteiger partial charge in [-0.1, -0.05) is 37.8 Å². The van der Waals surface area contributed by atoms with Gasteiger partial charge in [0.15, 0.2) is 18.0 Å². The fourth-order valence-corrected chi connectivity index (χ4v) is 3.55. The molecule has 1 amide bonds. The monoisotopic (exact) mass is 515 g/mol. The largest absolute Gasteiger partial charge is 0.497 e. The Hall–Kier alpha value is -3.35. The first-order chi connectivity index (χ1) is 15.5. The molecule has 0 saturated heterocycles. The highest BCUT2D eigenvalue weighted by Gasteiger charge is 2.28. The van der Waals surface area contributed by atoms with Gasteiger partial charge < -0.3 is 19.5 Å². The van der Waals surface area contributed by atoms with Crippen molar-refractivity contribution >= 4 is 33.5 Å². The van der Waals surface area contributed by atoms with Gasteiger partial charge in [-0.2, -0.15) is 8.42 Å². The molecule has 0 aromatic heterocycles. The molecule has 0 aliphatic heterocycles. The predicted octanol–water partition coefficient (Wildman–Crippen LogP) is 2.82. The van der Waals surface area contributed by atoms with Crippen LogP contribution in [0.25, 0.3) is 0 Å². The number of methoxy groups -OCH3 is 2. The van der Waals surface area contributed by atoms with Crippen molar-refractivity contribution < 1.29 is 46.3 Å². The van der Waals surface area contributed by atoms with E-state index in [2.05, 4.69) is 5.32 Å². The van der Waals surface area contributed by atoms with Gasteiger partial charge in [0.05, 0.1) is 19.2 Å². The van der Waals surface area contributed by atoms with Crippen molar-refractivity contribution in [2.24, 2.45) is 0 Å². The SMILES string of the molecule is C.COc1ccc(NC(=O)CC(OC(=O)C(Cc2ccccc2)OC)C(C)=O)c(S(=O)(=O)O)c1.F. The van der Waals surface area contributed by atoms with Crippen LogP contribution >= 0.6 is 0 Å². The van der Waals surface area contributed by atoms with E-state index in [0.717, 1.165) is 18.6 Å². The number of anilines is 1. The van der Waals surface area contributed by atoms with Crippen LogP contribution in [-0.2, 0) is 40.4 Å². The topological polar surface area (TPSA) is 145 Å². The van der Waals surface area contributed by atoms with E-state index in [1.165, 1.54) is 26.4 Å². The number of esters is 1. The first-order valence-electron chi connectivity index (χ1n) is 9.78. The third-order valence-electron chi connectivity index (χ3n) is 4.63. The van der Waals surface area contributed by atoms with E-state index in [-0.39, 0.29) is 30.0 Å². The van der Waals surface area contributed by atoms with Crippen molar-refractivity contribution in [1.82, 2.24) is 0 Å². The van der Waals surface area contributed by atoms with Gasteiger partial charge in [0.2, 0.25) is 5.91 Å². The molecule has 194 valence electrons. The lowest BCUT2D eigenvalue weighted by Crippen LogP contribution is -2.36. The van der Waals surface area contributed by atoms with E-state index >= 15 is 0 Å².